The maximum absolute atomic E-state index is 12.4. The van der Waals surface area contributed by atoms with E-state index in [-0.39, 0.29) is 11.6 Å². The fourth-order valence-corrected chi connectivity index (χ4v) is 3.72. The molecule has 118 valence electrons. The molecular formula is C15H24N2O3S. The zero-order chi connectivity index (χ0) is 15.5. The second kappa shape index (κ2) is 6.34. The van der Waals surface area contributed by atoms with Crippen molar-refractivity contribution in [3.05, 3.63) is 24.3 Å². The first kappa shape index (κ1) is 16.3. The third-order valence-corrected chi connectivity index (χ3v) is 5.54. The lowest BCUT2D eigenvalue weighted by atomic mass is 9.94. The summed E-state index contributed by atoms with van der Waals surface area (Å²) in [6, 6.07) is 7.01. The van der Waals surface area contributed by atoms with Crippen molar-refractivity contribution in [1.29, 1.82) is 0 Å². The Kier molecular flexibility index (Phi) is 4.91. The summed E-state index contributed by atoms with van der Waals surface area (Å²) in [5.74, 6) is 0. The van der Waals surface area contributed by atoms with Crippen LogP contribution in [0.15, 0.2) is 29.2 Å². The summed E-state index contributed by atoms with van der Waals surface area (Å²) >= 11 is 0. The van der Waals surface area contributed by atoms with Crippen molar-refractivity contribution in [2.24, 2.45) is 0 Å². The van der Waals surface area contributed by atoms with Gasteiger partial charge in [-0.15, -0.1) is 0 Å². The Morgan fingerprint density at radius 2 is 2.10 bits per heavy atom. The van der Waals surface area contributed by atoms with Crippen LogP contribution in [0.5, 0.6) is 0 Å². The number of sulfonamides is 1. The number of anilines is 1. The number of benzene rings is 1. The molecule has 2 N–H and O–H groups in total. The molecule has 6 heteroatoms. The van der Waals surface area contributed by atoms with Crippen molar-refractivity contribution < 1.29 is 13.2 Å². The number of para-hydroxylation sites is 1. The van der Waals surface area contributed by atoms with Gasteiger partial charge in [-0.1, -0.05) is 19.1 Å². The van der Waals surface area contributed by atoms with Gasteiger partial charge < -0.3 is 10.1 Å². The Morgan fingerprint density at radius 1 is 1.38 bits per heavy atom. The van der Waals surface area contributed by atoms with Crippen LogP contribution in [0.25, 0.3) is 0 Å². The van der Waals surface area contributed by atoms with Gasteiger partial charge in [0.1, 0.15) is 4.90 Å². The quantitative estimate of drug-likeness (QED) is 0.846. The lowest BCUT2D eigenvalue weighted by Crippen LogP contribution is -2.41. The first-order chi connectivity index (χ1) is 9.89. The molecule has 0 spiro atoms. The second-order valence-corrected chi connectivity index (χ2v) is 7.43. The standard InChI is InChI=1S/C15H24N2O3S/c1-4-10-16-21(18,19)14-8-6-5-7-13(14)17-15(3)9-11-20-12(15)2/h5-8,12,16-17H,4,9-11H2,1-3H3. The van der Waals surface area contributed by atoms with Gasteiger partial charge in [-0.2, -0.15) is 0 Å². The highest BCUT2D eigenvalue weighted by Gasteiger charge is 2.37. The molecule has 1 aliphatic rings. The minimum Gasteiger partial charge on any atom is -0.376 e. The highest BCUT2D eigenvalue weighted by atomic mass is 32.2. The smallest absolute Gasteiger partial charge is 0.242 e. The summed E-state index contributed by atoms with van der Waals surface area (Å²) in [6.45, 7) is 7.13. The number of ether oxygens (including phenoxy) is 1. The molecule has 1 aliphatic heterocycles. The average Bonchev–Trinajstić information content (AvgIpc) is 2.76. The zero-order valence-corrected chi connectivity index (χ0v) is 13.7. The van der Waals surface area contributed by atoms with E-state index < -0.39 is 10.0 Å². The van der Waals surface area contributed by atoms with Crippen molar-refractivity contribution in [3.8, 4) is 0 Å². The summed E-state index contributed by atoms with van der Waals surface area (Å²) in [6.07, 6.45) is 1.65. The topological polar surface area (TPSA) is 67.4 Å². The van der Waals surface area contributed by atoms with Crippen LogP contribution < -0.4 is 10.0 Å². The van der Waals surface area contributed by atoms with Crippen molar-refractivity contribution >= 4 is 15.7 Å². The normalized spacial score (nSPS) is 26.0. The summed E-state index contributed by atoms with van der Waals surface area (Å²) < 4.78 is 33.0. The van der Waals surface area contributed by atoms with Crippen LogP contribution in [0.1, 0.15) is 33.6 Å². The number of hydrogen-bond donors (Lipinski definition) is 2. The molecule has 0 aliphatic carbocycles. The van der Waals surface area contributed by atoms with Gasteiger partial charge in [-0.05, 0) is 38.8 Å². The molecule has 0 bridgehead atoms. The molecule has 1 aromatic carbocycles. The fourth-order valence-electron chi connectivity index (χ4n) is 2.43. The van der Waals surface area contributed by atoms with Crippen molar-refractivity contribution in [3.63, 3.8) is 0 Å². The van der Waals surface area contributed by atoms with Crippen molar-refractivity contribution in [1.82, 2.24) is 4.72 Å². The largest absolute Gasteiger partial charge is 0.376 e. The molecule has 0 aromatic heterocycles. The molecule has 1 saturated heterocycles. The second-order valence-electron chi connectivity index (χ2n) is 5.70. The van der Waals surface area contributed by atoms with Crippen LogP contribution in [-0.2, 0) is 14.8 Å². The number of nitrogens with one attached hydrogen (secondary N) is 2. The van der Waals surface area contributed by atoms with E-state index in [0.717, 1.165) is 12.8 Å². The third-order valence-electron chi connectivity index (χ3n) is 4.03. The van der Waals surface area contributed by atoms with E-state index in [1.54, 1.807) is 18.2 Å². The highest BCUT2D eigenvalue weighted by Crippen LogP contribution is 2.32. The van der Waals surface area contributed by atoms with Crippen molar-refractivity contribution in [2.45, 2.75) is 50.2 Å². The van der Waals surface area contributed by atoms with Gasteiger partial charge >= 0.3 is 0 Å². The molecule has 5 nitrogen and oxygen atoms in total. The predicted molar refractivity (Wildman–Crippen MR) is 84.0 cm³/mol. The van der Waals surface area contributed by atoms with Gasteiger partial charge in [0.2, 0.25) is 10.0 Å². The summed E-state index contributed by atoms with van der Waals surface area (Å²) in [5.41, 5.74) is 0.372. The minimum atomic E-state index is -3.49. The van der Waals surface area contributed by atoms with Crippen LogP contribution in [0.2, 0.25) is 0 Å². The molecule has 2 atom stereocenters. The Bertz CT molecular complexity index is 588. The Balaban J connectivity index is 2.29. The molecule has 2 unspecified atom stereocenters. The predicted octanol–water partition coefficient (Wildman–Crippen LogP) is 2.35. The Hall–Kier alpha value is -1.11. The highest BCUT2D eigenvalue weighted by molar-refractivity contribution is 7.89. The van der Waals surface area contributed by atoms with Gasteiger partial charge in [-0.3, -0.25) is 0 Å². The SMILES string of the molecule is CCCNS(=O)(=O)c1ccccc1NC1(C)CCOC1C. The number of hydrogen-bond acceptors (Lipinski definition) is 4. The maximum Gasteiger partial charge on any atom is 0.242 e. The van der Waals surface area contributed by atoms with Gasteiger partial charge in [0.15, 0.2) is 0 Å². The van der Waals surface area contributed by atoms with E-state index >= 15 is 0 Å². The van der Waals surface area contributed by atoms with Crippen molar-refractivity contribution in [2.75, 3.05) is 18.5 Å². The minimum absolute atomic E-state index is 0.0388. The number of rotatable bonds is 6. The fraction of sp³-hybridized carbons (Fsp3) is 0.600. The Morgan fingerprint density at radius 3 is 2.71 bits per heavy atom. The van der Waals surface area contributed by atoms with Gasteiger partial charge in [0.05, 0.1) is 17.3 Å². The Labute approximate surface area is 127 Å². The van der Waals surface area contributed by atoms with Gasteiger partial charge in [-0.25, -0.2) is 13.1 Å². The average molecular weight is 312 g/mol. The third kappa shape index (κ3) is 3.56. The molecule has 1 heterocycles. The molecule has 0 amide bonds. The van der Waals surface area contributed by atoms with Crippen LogP contribution >= 0.6 is 0 Å². The monoisotopic (exact) mass is 312 g/mol. The molecule has 1 fully saturated rings. The molecule has 0 radical (unpaired) electrons. The molecule has 0 saturated carbocycles. The maximum atomic E-state index is 12.4. The van der Waals surface area contributed by atoms with E-state index in [0.29, 0.717) is 23.7 Å². The molecule has 1 aromatic rings. The van der Waals surface area contributed by atoms with E-state index in [1.165, 1.54) is 0 Å². The van der Waals surface area contributed by atoms with Gasteiger partial charge in [0, 0.05) is 13.2 Å². The summed E-state index contributed by atoms with van der Waals surface area (Å²) in [7, 11) is -3.49. The molecule has 21 heavy (non-hydrogen) atoms. The van der Waals surface area contributed by atoms with Crippen LogP contribution in [0.3, 0.4) is 0 Å². The summed E-state index contributed by atoms with van der Waals surface area (Å²) in [5, 5.41) is 3.37. The van der Waals surface area contributed by atoms with Gasteiger partial charge in [0.25, 0.3) is 0 Å². The lowest BCUT2D eigenvalue weighted by molar-refractivity contribution is 0.105. The zero-order valence-electron chi connectivity index (χ0n) is 12.8. The summed E-state index contributed by atoms with van der Waals surface area (Å²) in [4.78, 5) is 0.291. The van der Waals surface area contributed by atoms with E-state index in [1.807, 2.05) is 19.9 Å². The van der Waals surface area contributed by atoms with Crippen LogP contribution in [-0.4, -0.2) is 33.2 Å². The van der Waals surface area contributed by atoms with E-state index in [2.05, 4.69) is 17.0 Å². The van der Waals surface area contributed by atoms with Crippen LogP contribution in [0, 0.1) is 0 Å². The first-order valence-electron chi connectivity index (χ1n) is 7.37. The first-order valence-corrected chi connectivity index (χ1v) is 8.86. The van der Waals surface area contributed by atoms with Crippen LogP contribution in [0.4, 0.5) is 5.69 Å². The molecular weight excluding hydrogens is 288 g/mol. The lowest BCUT2D eigenvalue weighted by Gasteiger charge is -2.31. The molecule has 2 rings (SSSR count). The van der Waals surface area contributed by atoms with E-state index in [9.17, 15) is 8.42 Å². The van der Waals surface area contributed by atoms with E-state index in [4.69, 9.17) is 4.74 Å².